The highest BCUT2D eigenvalue weighted by molar-refractivity contribution is 6.02. The SMILES string of the molecule is Cc1onc2c(=O)n(CC(=O)N3c4ccccc4CCc4ccccc43)nc(-c3ccccc3)c12. The van der Waals surface area contributed by atoms with Crippen LogP contribution in [-0.2, 0) is 24.2 Å². The van der Waals surface area contributed by atoms with Gasteiger partial charge in [-0.1, -0.05) is 71.9 Å². The molecule has 0 aliphatic carbocycles. The average Bonchev–Trinajstić information content (AvgIpc) is 3.19. The van der Waals surface area contributed by atoms with Crippen molar-refractivity contribution in [3.8, 4) is 11.3 Å². The van der Waals surface area contributed by atoms with Gasteiger partial charge in [0.05, 0.1) is 16.8 Å². The summed E-state index contributed by atoms with van der Waals surface area (Å²) < 4.78 is 6.54. The van der Waals surface area contributed by atoms with Crippen LogP contribution in [0, 0.1) is 6.92 Å². The third-order valence-electron chi connectivity index (χ3n) is 6.47. The van der Waals surface area contributed by atoms with Crippen molar-refractivity contribution in [1.82, 2.24) is 14.9 Å². The second kappa shape index (κ2) is 8.36. The molecule has 172 valence electrons. The maximum atomic E-state index is 13.9. The molecule has 0 saturated carbocycles. The molecule has 0 unspecified atom stereocenters. The van der Waals surface area contributed by atoms with Gasteiger partial charge >= 0.3 is 0 Å². The molecule has 3 heterocycles. The van der Waals surface area contributed by atoms with Crippen LogP contribution in [0.4, 0.5) is 11.4 Å². The topological polar surface area (TPSA) is 81.2 Å². The molecule has 6 rings (SSSR count). The summed E-state index contributed by atoms with van der Waals surface area (Å²) in [7, 11) is 0. The Hall–Kier alpha value is -4.52. The van der Waals surface area contributed by atoms with Gasteiger partial charge in [0.15, 0.2) is 5.52 Å². The minimum atomic E-state index is -0.457. The average molecular weight is 463 g/mol. The van der Waals surface area contributed by atoms with Crippen molar-refractivity contribution < 1.29 is 9.32 Å². The smallest absolute Gasteiger partial charge is 0.297 e. The quantitative estimate of drug-likeness (QED) is 0.384. The van der Waals surface area contributed by atoms with Crippen LogP contribution in [0.15, 0.2) is 88.2 Å². The molecule has 7 nitrogen and oxygen atoms in total. The number of aromatic nitrogens is 3. The van der Waals surface area contributed by atoms with E-state index < -0.39 is 5.56 Å². The molecular weight excluding hydrogens is 440 g/mol. The molecule has 7 heteroatoms. The van der Waals surface area contributed by atoms with Crippen molar-refractivity contribution in [3.05, 3.63) is 106 Å². The zero-order chi connectivity index (χ0) is 23.9. The van der Waals surface area contributed by atoms with Gasteiger partial charge in [-0.3, -0.25) is 14.5 Å². The van der Waals surface area contributed by atoms with Gasteiger partial charge < -0.3 is 4.52 Å². The van der Waals surface area contributed by atoms with E-state index in [-0.39, 0.29) is 18.0 Å². The Balaban J connectivity index is 1.49. The van der Waals surface area contributed by atoms with Gasteiger partial charge in [-0.15, -0.1) is 0 Å². The number of amides is 1. The molecule has 5 aromatic rings. The van der Waals surface area contributed by atoms with Crippen LogP contribution in [0.1, 0.15) is 16.9 Å². The molecular formula is C28H22N4O3. The maximum absolute atomic E-state index is 13.9. The molecule has 0 spiro atoms. The van der Waals surface area contributed by atoms with Gasteiger partial charge in [-0.2, -0.15) is 5.10 Å². The molecule has 1 amide bonds. The predicted octanol–water partition coefficient (Wildman–Crippen LogP) is 4.82. The Bertz CT molecular complexity index is 1590. The number of hydrogen-bond donors (Lipinski definition) is 0. The third-order valence-corrected chi connectivity index (χ3v) is 6.47. The minimum absolute atomic E-state index is 0.167. The number of carbonyl (C=O) groups excluding carboxylic acids is 1. The van der Waals surface area contributed by atoms with E-state index in [1.807, 2.05) is 78.9 Å². The zero-order valence-electron chi connectivity index (χ0n) is 19.1. The number of anilines is 2. The number of fused-ring (bicyclic) bond motifs is 3. The fourth-order valence-electron chi connectivity index (χ4n) is 4.79. The largest absolute Gasteiger partial charge is 0.360 e. The standard InChI is InChI=1S/C28H22N4O3/c1-18-25-26(21-11-3-2-4-12-21)29-31(28(34)27(25)30-35-18)17-24(33)32-22-13-7-5-9-19(22)15-16-20-10-6-8-14-23(20)32/h2-14H,15-17H2,1H3. The molecule has 0 bridgehead atoms. The number of nitrogens with zero attached hydrogens (tertiary/aromatic N) is 4. The Morgan fingerprint density at radius 3 is 2.14 bits per heavy atom. The van der Waals surface area contributed by atoms with Crippen LogP contribution in [0.25, 0.3) is 22.2 Å². The summed E-state index contributed by atoms with van der Waals surface area (Å²) in [5.74, 6) is 0.261. The molecule has 3 aromatic carbocycles. The molecule has 0 saturated heterocycles. The first kappa shape index (κ1) is 21.0. The number of rotatable bonds is 3. The van der Waals surface area contributed by atoms with Crippen LogP contribution in [0.2, 0.25) is 0 Å². The van der Waals surface area contributed by atoms with Gasteiger partial charge in [0.25, 0.3) is 11.5 Å². The van der Waals surface area contributed by atoms with Crippen molar-refractivity contribution in [2.24, 2.45) is 0 Å². The molecule has 2 aromatic heterocycles. The summed E-state index contributed by atoms with van der Waals surface area (Å²) in [5, 5.41) is 9.19. The minimum Gasteiger partial charge on any atom is -0.360 e. The monoisotopic (exact) mass is 462 g/mol. The fourth-order valence-corrected chi connectivity index (χ4v) is 4.79. The number of carbonyl (C=O) groups is 1. The lowest BCUT2D eigenvalue weighted by Crippen LogP contribution is -2.35. The first-order chi connectivity index (χ1) is 17.1. The van der Waals surface area contributed by atoms with E-state index in [0.717, 1.165) is 40.9 Å². The predicted molar refractivity (Wildman–Crippen MR) is 134 cm³/mol. The Kier molecular flexibility index (Phi) is 5.03. The summed E-state index contributed by atoms with van der Waals surface area (Å²) in [6.07, 6.45) is 1.66. The van der Waals surface area contributed by atoms with Crippen molar-refractivity contribution in [2.45, 2.75) is 26.3 Å². The lowest BCUT2D eigenvalue weighted by Gasteiger charge is -2.25. The van der Waals surface area contributed by atoms with Crippen molar-refractivity contribution in [1.29, 1.82) is 0 Å². The van der Waals surface area contributed by atoms with Gasteiger partial charge in [0.1, 0.15) is 18.0 Å². The van der Waals surface area contributed by atoms with E-state index in [4.69, 9.17) is 4.52 Å². The first-order valence-corrected chi connectivity index (χ1v) is 11.5. The maximum Gasteiger partial charge on any atom is 0.297 e. The van der Waals surface area contributed by atoms with Crippen LogP contribution in [0.3, 0.4) is 0 Å². The second-order valence-corrected chi connectivity index (χ2v) is 8.63. The Morgan fingerprint density at radius 1 is 0.886 bits per heavy atom. The summed E-state index contributed by atoms with van der Waals surface area (Å²) in [6, 6.07) is 25.3. The van der Waals surface area contributed by atoms with Crippen molar-refractivity contribution in [2.75, 3.05) is 4.90 Å². The second-order valence-electron chi connectivity index (χ2n) is 8.63. The van der Waals surface area contributed by atoms with Crippen LogP contribution < -0.4 is 10.5 Å². The van der Waals surface area contributed by atoms with E-state index in [0.29, 0.717) is 16.8 Å². The van der Waals surface area contributed by atoms with E-state index in [2.05, 4.69) is 10.3 Å². The highest BCUT2D eigenvalue weighted by Crippen LogP contribution is 2.36. The number of aryl methyl sites for hydroxylation is 3. The molecule has 0 radical (unpaired) electrons. The molecule has 1 aliphatic rings. The highest BCUT2D eigenvalue weighted by atomic mass is 16.5. The number of para-hydroxylation sites is 2. The van der Waals surface area contributed by atoms with Crippen LogP contribution in [0.5, 0.6) is 0 Å². The summed E-state index contributed by atoms with van der Waals surface area (Å²) in [5.41, 5.74) is 4.92. The van der Waals surface area contributed by atoms with E-state index in [9.17, 15) is 9.59 Å². The molecule has 0 atom stereocenters. The van der Waals surface area contributed by atoms with E-state index in [1.54, 1.807) is 11.8 Å². The summed E-state index contributed by atoms with van der Waals surface area (Å²) in [4.78, 5) is 28.9. The number of benzene rings is 3. The van der Waals surface area contributed by atoms with Gasteiger partial charge in [-0.25, -0.2) is 4.68 Å². The van der Waals surface area contributed by atoms with Gasteiger partial charge in [0, 0.05) is 5.56 Å². The number of hydrogen-bond acceptors (Lipinski definition) is 5. The lowest BCUT2D eigenvalue weighted by atomic mass is 10.0. The Labute approximate surface area is 201 Å². The third kappa shape index (κ3) is 3.52. The van der Waals surface area contributed by atoms with Crippen LogP contribution in [-0.4, -0.2) is 20.8 Å². The summed E-state index contributed by atoms with van der Waals surface area (Å²) >= 11 is 0. The molecule has 35 heavy (non-hydrogen) atoms. The van der Waals surface area contributed by atoms with E-state index in [1.165, 1.54) is 4.68 Å². The first-order valence-electron chi connectivity index (χ1n) is 11.5. The van der Waals surface area contributed by atoms with Crippen molar-refractivity contribution >= 4 is 28.2 Å². The molecule has 1 aliphatic heterocycles. The highest BCUT2D eigenvalue weighted by Gasteiger charge is 2.27. The molecule has 0 N–H and O–H groups in total. The fraction of sp³-hybridized carbons (Fsp3) is 0.143. The lowest BCUT2D eigenvalue weighted by molar-refractivity contribution is -0.118. The Morgan fingerprint density at radius 2 is 1.49 bits per heavy atom. The van der Waals surface area contributed by atoms with Gasteiger partial charge in [0.2, 0.25) is 0 Å². The zero-order valence-corrected chi connectivity index (χ0v) is 19.1. The van der Waals surface area contributed by atoms with E-state index >= 15 is 0 Å². The molecule has 0 fully saturated rings. The van der Waals surface area contributed by atoms with Gasteiger partial charge in [-0.05, 0) is 43.0 Å². The summed E-state index contributed by atoms with van der Waals surface area (Å²) in [6.45, 7) is 1.52. The van der Waals surface area contributed by atoms with Crippen LogP contribution >= 0.6 is 0 Å². The normalized spacial score (nSPS) is 12.8. The van der Waals surface area contributed by atoms with Crippen molar-refractivity contribution in [3.63, 3.8) is 0 Å².